The van der Waals surface area contributed by atoms with Gasteiger partial charge in [0, 0.05) is 6.16 Å². The number of rotatable bonds is 14. The van der Waals surface area contributed by atoms with Crippen LogP contribution in [-0.4, -0.2) is 40.5 Å². The van der Waals surface area contributed by atoms with Crippen molar-refractivity contribution in [2.75, 3.05) is 25.8 Å². The number of hydrogen-bond donors (Lipinski definition) is 2. The Morgan fingerprint density at radius 2 is 1.08 bits per heavy atom. The summed E-state index contributed by atoms with van der Waals surface area (Å²) in [5.41, 5.74) is 0. The van der Waals surface area contributed by atoms with Crippen LogP contribution in [0.4, 0.5) is 0 Å². The van der Waals surface area contributed by atoms with Gasteiger partial charge in [-0.05, 0) is 26.1 Å². The molecule has 0 aromatic carbocycles. The largest absolute Gasteiger partial charge is 0.325 e. The second-order valence-corrected chi connectivity index (χ2v) is 7.82. The number of nitrogens with zero attached hydrogens (tertiary/aromatic N) is 1. The average molecular weight is 387 g/mol. The van der Waals surface area contributed by atoms with Crippen molar-refractivity contribution in [1.29, 1.82) is 0 Å². The highest BCUT2D eigenvalue weighted by atomic mass is 35.5. The van der Waals surface area contributed by atoms with Gasteiger partial charge in [-0.15, -0.1) is 12.4 Å². The van der Waals surface area contributed by atoms with Crippen LogP contribution in [0.3, 0.4) is 0 Å². The molecule has 0 atom stereocenters. The Morgan fingerprint density at radius 3 is 1.33 bits per heavy atom. The van der Waals surface area contributed by atoms with Crippen LogP contribution >= 0.6 is 20.0 Å². The third-order valence-electron chi connectivity index (χ3n) is 4.04. The van der Waals surface area contributed by atoms with E-state index < -0.39 is 7.60 Å². The summed E-state index contributed by atoms with van der Waals surface area (Å²) in [4.78, 5) is 19.7. The van der Waals surface area contributed by atoms with Crippen molar-refractivity contribution in [1.82, 2.24) is 4.90 Å². The van der Waals surface area contributed by atoms with E-state index in [2.05, 4.69) is 32.6 Å². The Hall–Kier alpha value is 0.400. The highest BCUT2D eigenvalue weighted by Crippen LogP contribution is 2.35. The topological polar surface area (TPSA) is 60.8 Å². The predicted octanol–water partition coefficient (Wildman–Crippen LogP) is 5.67. The minimum Gasteiger partial charge on any atom is -0.324 e. The quantitative estimate of drug-likeness (QED) is 0.298. The molecule has 0 saturated heterocycles. The molecule has 0 rings (SSSR count). The highest BCUT2D eigenvalue weighted by molar-refractivity contribution is 7.51. The molecule has 1 radical (unpaired) electrons. The van der Waals surface area contributed by atoms with Gasteiger partial charge in [0.25, 0.3) is 0 Å². The standard InChI is InChI=1S/C12H26O3P.C6H15N.ClH/c1-2-3-4-5-6-7-8-9-10-11-12-16(13,14)15;1-4-7(5-2)6-3;/h1-12H2,(H2,13,14,15);4-6H2,1-3H3;1H. The maximum Gasteiger partial charge on any atom is 0.325 e. The maximum atomic E-state index is 10.6. The molecular formula is C18H42ClNO3P. The van der Waals surface area contributed by atoms with E-state index in [1.807, 2.05) is 0 Å². The molecule has 0 aliphatic rings. The Balaban J connectivity index is -0.000000468. The van der Waals surface area contributed by atoms with E-state index in [-0.39, 0.29) is 18.6 Å². The third kappa shape index (κ3) is 27.3. The molecule has 0 aromatic rings. The number of hydrogen-bond acceptors (Lipinski definition) is 2. The minimum absolute atomic E-state index is 0. The Bertz CT molecular complexity index is 265. The Morgan fingerprint density at radius 1 is 0.750 bits per heavy atom. The lowest BCUT2D eigenvalue weighted by atomic mass is 10.1. The van der Waals surface area contributed by atoms with E-state index >= 15 is 0 Å². The lowest BCUT2D eigenvalue weighted by Crippen LogP contribution is -2.21. The van der Waals surface area contributed by atoms with Crippen molar-refractivity contribution in [2.24, 2.45) is 0 Å². The van der Waals surface area contributed by atoms with E-state index in [9.17, 15) is 4.57 Å². The third-order valence-corrected chi connectivity index (χ3v) is 4.94. The normalized spacial score (nSPS) is 11.0. The lowest BCUT2D eigenvalue weighted by Gasteiger charge is -2.13. The van der Waals surface area contributed by atoms with Gasteiger partial charge < -0.3 is 14.7 Å². The molecular weight excluding hydrogens is 345 g/mol. The predicted molar refractivity (Wildman–Crippen MR) is 109 cm³/mol. The molecule has 0 fully saturated rings. The molecule has 0 amide bonds. The van der Waals surface area contributed by atoms with Crippen molar-refractivity contribution in [3.8, 4) is 0 Å². The molecule has 0 aromatic heterocycles. The van der Waals surface area contributed by atoms with Gasteiger partial charge in [0.1, 0.15) is 0 Å². The van der Waals surface area contributed by atoms with Gasteiger partial charge in [0.05, 0.1) is 0 Å². The smallest absolute Gasteiger partial charge is 0.324 e. The zero-order chi connectivity index (χ0) is 18.0. The second kappa shape index (κ2) is 21.4. The van der Waals surface area contributed by atoms with Crippen LogP contribution in [0.2, 0.25) is 0 Å². The van der Waals surface area contributed by atoms with Gasteiger partial charge >= 0.3 is 7.60 Å². The Labute approximate surface area is 157 Å². The van der Waals surface area contributed by atoms with E-state index in [0.29, 0.717) is 6.42 Å². The fourth-order valence-corrected chi connectivity index (χ4v) is 3.04. The van der Waals surface area contributed by atoms with Gasteiger partial charge in [-0.1, -0.05) is 85.5 Å². The first kappa shape index (κ1) is 29.2. The molecule has 0 bridgehead atoms. The van der Waals surface area contributed by atoms with Crippen molar-refractivity contribution in [3.63, 3.8) is 0 Å². The van der Waals surface area contributed by atoms with Crippen molar-refractivity contribution < 1.29 is 14.4 Å². The van der Waals surface area contributed by atoms with Crippen LogP contribution in [-0.2, 0) is 4.57 Å². The fourth-order valence-electron chi connectivity index (χ4n) is 2.40. The second-order valence-electron chi connectivity index (χ2n) is 6.04. The molecule has 24 heavy (non-hydrogen) atoms. The number of halogens is 1. The molecule has 0 heterocycles. The summed E-state index contributed by atoms with van der Waals surface area (Å²) in [6.07, 6.45) is 11.4. The zero-order valence-electron chi connectivity index (χ0n) is 16.2. The van der Waals surface area contributed by atoms with Crippen molar-refractivity contribution in [3.05, 3.63) is 6.92 Å². The summed E-state index contributed by atoms with van der Waals surface area (Å²) < 4.78 is 10.6. The van der Waals surface area contributed by atoms with E-state index in [1.165, 1.54) is 58.2 Å². The van der Waals surface area contributed by atoms with Crippen molar-refractivity contribution >= 4 is 20.0 Å². The van der Waals surface area contributed by atoms with Crippen LogP contribution in [0.5, 0.6) is 0 Å². The first-order valence-corrected chi connectivity index (χ1v) is 11.3. The summed E-state index contributed by atoms with van der Waals surface area (Å²) in [6, 6.07) is 0. The van der Waals surface area contributed by atoms with Gasteiger partial charge in [-0.25, -0.2) is 0 Å². The molecule has 0 aliphatic heterocycles. The van der Waals surface area contributed by atoms with E-state index in [0.717, 1.165) is 19.3 Å². The molecule has 2 N–H and O–H groups in total. The first-order chi connectivity index (χ1) is 10.9. The summed E-state index contributed by atoms with van der Waals surface area (Å²) >= 11 is 0. The Kier molecular flexibility index (Phi) is 26.1. The molecule has 149 valence electrons. The van der Waals surface area contributed by atoms with Crippen molar-refractivity contribution in [2.45, 2.75) is 85.0 Å². The maximum absolute atomic E-state index is 10.6. The van der Waals surface area contributed by atoms with Gasteiger partial charge in [-0.2, -0.15) is 0 Å². The van der Waals surface area contributed by atoms with Gasteiger partial charge in [-0.3, -0.25) is 4.57 Å². The molecule has 4 nitrogen and oxygen atoms in total. The summed E-state index contributed by atoms with van der Waals surface area (Å²) in [5, 5.41) is 0. The summed E-state index contributed by atoms with van der Waals surface area (Å²) in [5.74, 6) is 0. The van der Waals surface area contributed by atoms with Gasteiger partial charge in [0.2, 0.25) is 0 Å². The van der Waals surface area contributed by atoms with Crippen LogP contribution in [0.1, 0.15) is 85.0 Å². The average Bonchev–Trinajstić information content (AvgIpc) is 2.50. The van der Waals surface area contributed by atoms with Gasteiger partial charge in [0.15, 0.2) is 0 Å². The molecule has 0 unspecified atom stereocenters. The summed E-state index contributed by atoms with van der Waals surface area (Å²) in [7, 11) is -3.75. The van der Waals surface area contributed by atoms with Crippen LogP contribution < -0.4 is 0 Å². The molecule has 0 spiro atoms. The zero-order valence-corrected chi connectivity index (χ0v) is 17.9. The minimum atomic E-state index is -3.75. The van der Waals surface area contributed by atoms with E-state index in [1.54, 1.807) is 0 Å². The molecule has 6 heteroatoms. The van der Waals surface area contributed by atoms with E-state index in [4.69, 9.17) is 9.79 Å². The molecule has 0 aliphatic carbocycles. The van der Waals surface area contributed by atoms with Crippen LogP contribution in [0, 0.1) is 6.92 Å². The SMILES string of the molecule is CCN(CC)CC.Cl.[CH2]CCCCCCCCCCCP(=O)(O)O. The lowest BCUT2D eigenvalue weighted by molar-refractivity contribution is 0.321. The monoisotopic (exact) mass is 386 g/mol. The fraction of sp³-hybridized carbons (Fsp3) is 0.944. The molecule has 0 saturated carbocycles. The first-order valence-electron chi connectivity index (χ1n) is 9.47. The number of unbranched alkanes of at least 4 members (excludes halogenated alkanes) is 9. The van der Waals surface area contributed by atoms with Crippen LogP contribution in [0.25, 0.3) is 0 Å². The van der Waals surface area contributed by atoms with Crippen LogP contribution in [0.15, 0.2) is 0 Å². The highest BCUT2D eigenvalue weighted by Gasteiger charge is 2.10. The summed E-state index contributed by atoms with van der Waals surface area (Å²) in [6.45, 7) is 13.9.